The molecule has 178 valence electrons. The van der Waals surface area contributed by atoms with Gasteiger partial charge in [-0.25, -0.2) is 22.0 Å². The van der Waals surface area contributed by atoms with Gasteiger partial charge in [-0.15, -0.1) is 0 Å². The molecule has 0 fully saturated rings. The lowest BCUT2D eigenvalue weighted by atomic mass is 9.81. The van der Waals surface area contributed by atoms with E-state index in [2.05, 4.69) is 20.7 Å². The summed E-state index contributed by atoms with van der Waals surface area (Å²) in [5, 5.41) is 30.1. The molecule has 1 aromatic carbocycles. The van der Waals surface area contributed by atoms with Crippen LogP contribution in [0.1, 0.15) is 18.4 Å². The van der Waals surface area contributed by atoms with Gasteiger partial charge in [0.15, 0.2) is 0 Å². The van der Waals surface area contributed by atoms with Crippen LogP contribution >= 0.6 is 15.9 Å². The van der Waals surface area contributed by atoms with Gasteiger partial charge in [-0.05, 0) is 24.6 Å². The molecule has 8 nitrogen and oxygen atoms in total. The van der Waals surface area contributed by atoms with Gasteiger partial charge < -0.3 is 14.9 Å². The maximum absolute atomic E-state index is 14.3. The zero-order chi connectivity index (χ0) is 25.0. The predicted octanol–water partition coefficient (Wildman–Crippen LogP) is 4.38. The van der Waals surface area contributed by atoms with Crippen molar-refractivity contribution in [3.8, 4) is 0 Å². The molecule has 0 aliphatic carbocycles. The first-order valence-corrected chi connectivity index (χ1v) is 9.08. The second-order valence-corrected chi connectivity index (χ2v) is 7.16. The summed E-state index contributed by atoms with van der Waals surface area (Å²) in [4.78, 5) is 34.5. The van der Waals surface area contributed by atoms with E-state index in [4.69, 9.17) is 0 Å². The number of hydrogen-bond donors (Lipinski definition) is 2. The Morgan fingerprint density at radius 3 is 2.12 bits per heavy atom. The topological polar surface area (TPSA) is 127 Å². The van der Waals surface area contributed by atoms with Crippen molar-refractivity contribution in [3.05, 3.63) is 56.1 Å². The number of ketones is 1. The molecule has 2 N–H and O–H groups in total. The normalized spacial score (nSPS) is 16.1. The molecule has 1 rings (SSSR count). The molecule has 0 radical (unpaired) electrons. The number of hydrogen-bond acceptors (Lipinski definition) is 7. The van der Waals surface area contributed by atoms with Crippen molar-refractivity contribution in [2.24, 2.45) is 5.92 Å². The fourth-order valence-corrected chi connectivity index (χ4v) is 3.11. The van der Waals surface area contributed by atoms with Crippen molar-refractivity contribution < 1.29 is 55.8 Å². The molecule has 0 saturated carbocycles. The van der Waals surface area contributed by atoms with Crippen LogP contribution in [0, 0.1) is 16.0 Å². The summed E-state index contributed by atoms with van der Waals surface area (Å²) in [7, 11) is 0. The van der Waals surface area contributed by atoms with Gasteiger partial charge >= 0.3 is 29.9 Å². The van der Waals surface area contributed by atoms with Crippen LogP contribution in [0.4, 0.5) is 26.3 Å². The third kappa shape index (κ3) is 5.89. The molecule has 0 aliphatic rings. The van der Waals surface area contributed by atoms with Gasteiger partial charge in [-0.2, -0.15) is 4.39 Å². The van der Waals surface area contributed by atoms with Crippen LogP contribution in [-0.4, -0.2) is 51.8 Å². The van der Waals surface area contributed by atoms with Crippen molar-refractivity contribution in [1.29, 1.82) is 0 Å². The fraction of sp³-hybridized carbons (Fsp3) is 0.412. The summed E-state index contributed by atoms with van der Waals surface area (Å²) in [5.74, 6) is -15.9. The van der Waals surface area contributed by atoms with E-state index >= 15 is 0 Å². The zero-order valence-electron chi connectivity index (χ0n) is 15.7. The number of aliphatic hydroxyl groups excluding tert-OH is 1. The predicted molar refractivity (Wildman–Crippen MR) is 97.2 cm³/mol. The molecule has 0 saturated heterocycles. The van der Waals surface area contributed by atoms with E-state index in [1.165, 1.54) is 12.1 Å². The van der Waals surface area contributed by atoms with Crippen LogP contribution < -0.4 is 0 Å². The number of Topliss-reactive ketones (excluding diaryl/α,β-unsaturated/α-hetero) is 1. The van der Waals surface area contributed by atoms with Gasteiger partial charge in [0.1, 0.15) is 17.6 Å². The lowest BCUT2D eigenvalue weighted by molar-refractivity contribution is -0.436. The highest BCUT2D eigenvalue weighted by Crippen LogP contribution is 2.39. The number of carbonyl (C=O) groups is 2. The SMILES string of the molecule is CC(=O)C(C(=O)OC(F)(C(F)F)C(F)C(F)F)C(C(=C(O)O)[N+](=O)[O-])c1cccc(Br)c1. The minimum Gasteiger partial charge on any atom is -0.476 e. The average molecular weight is 538 g/mol. The highest BCUT2D eigenvalue weighted by molar-refractivity contribution is 9.10. The zero-order valence-corrected chi connectivity index (χ0v) is 17.3. The van der Waals surface area contributed by atoms with Gasteiger partial charge in [0, 0.05) is 4.47 Å². The van der Waals surface area contributed by atoms with Gasteiger partial charge in [0.05, 0.1) is 4.92 Å². The smallest absolute Gasteiger partial charge is 0.351 e. The van der Waals surface area contributed by atoms with E-state index in [-0.39, 0.29) is 10.0 Å². The molecule has 15 heteroatoms. The summed E-state index contributed by atoms with van der Waals surface area (Å²) >= 11 is 2.98. The summed E-state index contributed by atoms with van der Waals surface area (Å²) in [5.41, 5.74) is -1.97. The third-order valence-corrected chi connectivity index (χ3v) is 4.60. The first-order valence-electron chi connectivity index (χ1n) is 8.29. The van der Waals surface area contributed by atoms with E-state index in [1.807, 2.05) is 0 Å². The Morgan fingerprint density at radius 1 is 1.19 bits per heavy atom. The third-order valence-electron chi connectivity index (χ3n) is 4.11. The first-order chi connectivity index (χ1) is 14.6. The van der Waals surface area contributed by atoms with E-state index in [9.17, 15) is 56.3 Å². The summed E-state index contributed by atoms with van der Waals surface area (Å²) < 4.78 is 82.6. The van der Waals surface area contributed by atoms with E-state index in [0.717, 1.165) is 12.1 Å². The van der Waals surface area contributed by atoms with Crippen molar-refractivity contribution in [3.63, 3.8) is 0 Å². The molecule has 0 aromatic heterocycles. The van der Waals surface area contributed by atoms with Crippen LogP contribution in [-0.2, 0) is 14.3 Å². The Hall–Kier alpha value is -2.84. The summed E-state index contributed by atoms with van der Waals surface area (Å²) in [6, 6.07) is 4.68. The molecule has 0 heterocycles. The Labute approximate surface area is 183 Å². The number of ether oxygens (including phenoxy) is 1. The number of benzene rings is 1. The number of nitrogens with zero attached hydrogens (tertiary/aromatic N) is 1. The van der Waals surface area contributed by atoms with Gasteiger partial charge in [-0.1, -0.05) is 28.1 Å². The van der Waals surface area contributed by atoms with Gasteiger partial charge in [0.2, 0.25) is 6.17 Å². The van der Waals surface area contributed by atoms with Gasteiger partial charge in [0.25, 0.3) is 6.43 Å². The molecule has 32 heavy (non-hydrogen) atoms. The van der Waals surface area contributed by atoms with Crippen LogP contribution in [0.15, 0.2) is 40.4 Å². The Bertz CT molecular complexity index is 911. The monoisotopic (exact) mass is 537 g/mol. The summed E-state index contributed by atoms with van der Waals surface area (Å²) in [6.45, 7) is 0.575. The number of allylic oxidation sites excluding steroid dienone is 1. The molecular weight excluding hydrogens is 524 g/mol. The number of aliphatic hydroxyl groups is 2. The van der Waals surface area contributed by atoms with Crippen molar-refractivity contribution in [2.75, 3.05) is 0 Å². The molecular formula is C17H14BrF6NO7. The molecule has 0 bridgehead atoms. The van der Waals surface area contributed by atoms with Crippen LogP contribution in [0.5, 0.6) is 0 Å². The van der Waals surface area contributed by atoms with Crippen molar-refractivity contribution in [1.82, 2.24) is 0 Å². The largest absolute Gasteiger partial charge is 0.476 e. The minimum atomic E-state index is -5.21. The van der Waals surface area contributed by atoms with E-state index in [0.29, 0.717) is 6.92 Å². The standard InChI is InChI=1S/C17H14BrF6NO7/c1-6(26)9(15(29)32-17(24,16(22)23)12(19)13(20)21)10(11(14(27)28)25(30)31)7-3-2-4-8(18)5-7/h2-5,9-10,12-13,16,27-28H,1H3. The molecule has 0 amide bonds. The lowest BCUT2D eigenvalue weighted by Gasteiger charge is -2.30. The number of nitro groups is 1. The quantitative estimate of drug-likeness (QED) is 0.113. The Morgan fingerprint density at radius 2 is 1.75 bits per heavy atom. The van der Waals surface area contributed by atoms with Crippen molar-refractivity contribution >= 4 is 27.7 Å². The molecule has 1 aromatic rings. The number of halogens is 7. The fourth-order valence-electron chi connectivity index (χ4n) is 2.69. The maximum Gasteiger partial charge on any atom is 0.351 e. The average Bonchev–Trinajstić information content (AvgIpc) is 2.65. The van der Waals surface area contributed by atoms with Crippen LogP contribution in [0.25, 0.3) is 0 Å². The highest BCUT2D eigenvalue weighted by atomic mass is 79.9. The second kappa shape index (κ2) is 10.7. The molecule has 0 spiro atoms. The van der Waals surface area contributed by atoms with Gasteiger partial charge in [-0.3, -0.25) is 19.7 Å². The molecule has 4 atom stereocenters. The first kappa shape index (κ1) is 27.2. The van der Waals surface area contributed by atoms with Crippen LogP contribution in [0.2, 0.25) is 0 Å². The maximum atomic E-state index is 14.3. The van der Waals surface area contributed by atoms with E-state index < -0.39 is 65.0 Å². The number of rotatable bonds is 10. The van der Waals surface area contributed by atoms with Crippen LogP contribution in [0.3, 0.4) is 0 Å². The number of esters is 1. The second-order valence-electron chi connectivity index (χ2n) is 6.24. The highest BCUT2D eigenvalue weighted by Gasteiger charge is 2.58. The molecule has 4 unspecified atom stereocenters. The Kier molecular flexibility index (Phi) is 9.05. The van der Waals surface area contributed by atoms with E-state index in [1.54, 1.807) is 0 Å². The summed E-state index contributed by atoms with van der Waals surface area (Å²) in [6.07, 6.45) is -13.3. The number of alkyl halides is 6. The van der Waals surface area contributed by atoms with Crippen molar-refractivity contribution in [2.45, 2.75) is 37.7 Å². The number of carbonyl (C=O) groups excluding carboxylic acids is 2. The lowest BCUT2D eigenvalue weighted by Crippen LogP contribution is -2.51. The Balaban J connectivity index is 3.69. The molecule has 0 aliphatic heterocycles. The minimum absolute atomic E-state index is 0.185.